The molecule has 0 aromatic heterocycles. The molecule has 0 radical (unpaired) electrons. The summed E-state index contributed by atoms with van der Waals surface area (Å²) in [5, 5.41) is 0. The second-order valence-electron chi connectivity index (χ2n) is 14.0. The number of alkyl halides is 2. The molecule has 3 aliphatic rings. The van der Waals surface area contributed by atoms with Crippen molar-refractivity contribution in [3.8, 4) is 0 Å². The molecule has 0 spiro atoms. The Labute approximate surface area is 227 Å². The SMILES string of the molecule is CC.CC.COC(=O)C(F)(C(F)C(C)(C)C(C)(C)C1OC2C3CCC(C3)C2OC1C(C)(C)C)C(C)(C)C. The second kappa shape index (κ2) is 11.8. The lowest BCUT2D eigenvalue weighted by Crippen LogP contribution is -2.67. The van der Waals surface area contributed by atoms with E-state index in [9.17, 15) is 4.79 Å². The molecule has 2 saturated carbocycles. The molecular formula is C31H58F2O4. The predicted molar refractivity (Wildman–Crippen MR) is 148 cm³/mol. The molecule has 3 rings (SSSR count). The third-order valence-corrected chi connectivity index (χ3v) is 9.43. The van der Waals surface area contributed by atoms with Gasteiger partial charge in [0.15, 0.2) is 6.17 Å². The number of carbonyl (C=O) groups excluding carboxylic acids is 1. The summed E-state index contributed by atoms with van der Waals surface area (Å²) in [5.41, 5.74) is -6.49. The molecule has 6 heteroatoms. The summed E-state index contributed by atoms with van der Waals surface area (Å²) in [6.45, 7) is 26.2. The van der Waals surface area contributed by atoms with Gasteiger partial charge >= 0.3 is 5.97 Å². The van der Waals surface area contributed by atoms with Crippen molar-refractivity contribution >= 4 is 5.97 Å². The first-order chi connectivity index (χ1) is 16.8. The lowest BCUT2D eigenvalue weighted by atomic mass is 9.55. The molecule has 0 aromatic carbocycles. The zero-order chi connectivity index (χ0) is 29.4. The molecule has 8 atom stereocenters. The van der Waals surface area contributed by atoms with Crippen LogP contribution in [0.2, 0.25) is 0 Å². The summed E-state index contributed by atoms with van der Waals surface area (Å²) in [6, 6.07) is 0. The molecule has 1 heterocycles. The fourth-order valence-electron chi connectivity index (χ4n) is 6.38. The van der Waals surface area contributed by atoms with Crippen LogP contribution >= 0.6 is 0 Å². The van der Waals surface area contributed by atoms with E-state index < -0.39 is 40.2 Å². The Balaban J connectivity index is 0.00000163. The number of fused-ring (bicyclic) bond motifs is 5. The Hall–Kier alpha value is -0.750. The molecule has 4 nitrogen and oxygen atoms in total. The Kier molecular flexibility index (Phi) is 10.9. The highest BCUT2D eigenvalue weighted by Gasteiger charge is 2.67. The second-order valence-corrected chi connectivity index (χ2v) is 14.0. The summed E-state index contributed by atoms with van der Waals surface area (Å²) in [5.74, 6) is -0.185. The molecule has 1 saturated heterocycles. The Morgan fingerprint density at radius 1 is 0.811 bits per heavy atom. The summed E-state index contributed by atoms with van der Waals surface area (Å²) in [4.78, 5) is 12.6. The van der Waals surface area contributed by atoms with E-state index in [1.54, 1.807) is 13.8 Å². The number of methoxy groups -OCH3 is 1. The van der Waals surface area contributed by atoms with Gasteiger partial charge in [-0.05, 0) is 36.5 Å². The van der Waals surface area contributed by atoms with Crippen molar-refractivity contribution in [3.63, 3.8) is 0 Å². The topological polar surface area (TPSA) is 44.8 Å². The number of halogens is 2. The monoisotopic (exact) mass is 532 g/mol. The van der Waals surface area contributed by atoms with E-state index >= 15 is 8.78 Å². The first kappa shape index (κ1) is 34.3. The van der Waals surface area contributed by atoms with E-state index in [1.807, 2.05) is 41.5 Å². The first-order valence-electron chi connectivity index (χ1n) is 14.5. The maximum Gasteiger partial charge on any atom is 0.347 e. The number of ether oxygens (including phenoxy) is 3. The van der Waals surface area contributed by atoms with Crippen LogP contribution in [0.1, 0.15) is 116 Å². The lowest BCUT2D eigenvalue weighted by molar-refractivity contribution is -0.297. The van der Waals surface area contributed by atoms with Crippen molar-refractivity contribution in [1.82, 2.24) is 0 Å². The van der Waals surface area contributed by atoms with E-state index in [4.69, 9.17) is 14.2 Å². The Morgan fingerprint density at radius 3 is 1.57 bits per heavy atom. The lowest BCUT2D eigenvalue weighted by Gasteiger charge is -2.58. The summed E-state index contributed by atoms with van der Waals surface area (Å²) < 4.78 is 51.3. The van der Waals surface area contributed by atoms with Crippen LogP contribution in [-0.2, 0) is 19.0 Å². The molecular weight excluding hydrogens is 474 g/mol. The molecule has 1 aliphatic heterocycles. The van der Waals surface area contributed by atoms with Crippen LogP contribution in [0.15, 0.2) is 0 Å². The molecule has 37 heavy (non-hydrogen) atoms. The predicted octanol–water partition coefficient (Wildman–Crippen LogP) is 8.35. The number of carbonyl (C=O) groups is 1. The van der Waals surface area contributed by atoms with Crippen LogP contribution < -0.4 is 0 Å². The van der Waals surface area contributed by atoms with Gasteiger partial charge in [-0.15, -0.1) is 0 Å². The van der Waals surface area contributed by atoms with Gasteiger partial charge in [0, 0.05) is 16.2 Å². The average Bonchev–Trinajstić information content (AvgIpc) is 3.45. The molecule has 2 bridgehead atoms. The molecule has 0 amide bonds. The van der Waals surface area contributed by atoms with Crippen molar-refractivity contribution in [2.24, 2.45) is 33.5 Å². The van der Waals surface area contributed by atoms with E-state index in [2.05, 4.69) is 20.8 Å². The minimum absolute atomic E-state index is 0.00107. The summed E-state index contributed by atoms with van der Waals surface area (Å²) in [6.07, 6.45) is 0.663. The van der Waals surface area contributed by atoms with Gasteiger partial charge in [0.2, 0.25) is 5.67 Å². The highest BCUT2D eigenvalue weighted by atomic mass is 19.2. The summed E-state index contributed by atoms with van der Waals surface area (Å²) in [7, 11) is 1.11. The maximum absolute atomic E-state index is 16.5. The molecule has 3 fully saturated rings. The van der Waals surface area contributed by atoms with Crippen LogP contribution in [0.4, 0.5) is 8.78 Å². The number of esters is 1. The van der Waals surface area contributed by atoms with E-state index in [-0.39, 0.29) is 23.7 Å². The van der Waals surface area contributed by atoms with Gasteiger partial charge in [-0.3, -0.25) is 0 Å². The van der Waals surface area contributed by atoms with Gasteiger partial charge in [0.05, 0.1) is 31.5 Å². The smallest absolute Gasteiger partial charge is 0.347 e. The Morgan fingerprint density at radius 2 is 1.22 bits per heavy atom. The largest absolute Gasteiger partial charge is 0.467 e. The molecule has 220 valence electrons. The van der Waals surface area contributed by atoms with Gasteiger partial charge in [0.1, 0.15) is 0 Å². The fourth-order valence-corrected chi connectivity index (χ4v) is 6.38. The van der Waals surface area contributed by atoms with Crippen molar-refractivity contribution in [3.05, 3.63) is 0 Å². The number of hydrogen-bond donors (Lipinski definition) is 0. The van der Waals surface area contributed by atoms with Crippen LogP contribution in [0.5, 0.6) is 0 Å². The van der Waals surface area contributed by atoms with Crippen molar-refractivity contribution < 1.29 is 27.8 Å². The maximum atomic E-state index is 16.5. The van der Waals surface area contributed by atoms with Crippen LogP contribution in [0.25, 0.3) is 0 Å². The van der Waals surface area contributed by atoms with Gasteiger partial charge in [-0.25, -0.2) is 13.6 Å². The summed E-state index contributed by atoms with van der Waals surface area (Å²) >= 11 is 0. The van der Waals surface area contributed by atoms with Crippen LogP contribution in [-0.4, -0.2) is 49.3 Å². The van der Waals surface area contributed by atoms with E-state index in [1.165, 1.54) is 27.2 Å². The average molecular weight is 533 g/mol. The minimum atomic E-state index is -2.82. The zero-order valence-corrected chi connectivity index (χ0v) is 26.6. The van der Waals surface area contributed by atoms with Crippen LogP contribution in [0.3, 0.4) is 0 Å². The highest BCUT2D eigenvalue weighted by molar-refractivity contribution is 5.81. The van der Waals surface area contributed by atoms with Crippen molar-refractivity contribution in [2.75, 3.05) is 7.11 Å². The molecule has 0 aromatic rings. The third kappa shape index (κ3) is 5.76. The molecule has 0 N–H and O–H groups in total. The van der Waals surface area contributed by atoms with E-state index in [0.717, 1.165) is 20.0 Å². The van der Waals surface area contributed by atoms with Crippen molar-refractivity contribution in [1.29, 1.82) is 0 Å². The first-order valence-corrected chi connectivity index (χ1v) is 14.5. The number of hydrogen-bond acceptors (Lipinski definition) is 4. The Bertz CT molecular complexity index is 751. The third-order valence-electron chi connectivity index (χ3n) is 9.43. The molecule has 8 unspecified atom stereocenters. The van der Waals surface area contributed by atoms with Gasteiger partial charge < -0.3 is 14.2 Å². The van der Waals surface area contributed by atoms with Gasteiger partial charge in [-0.2, -0.15) is 0 Å². The number of rotatable bonds is 5. The van der Waals surface area contributed by atoms with Gasteiger partial charge in [0.25, 0.3) is 0 Å². The molecule has 2 aliphatic carbocycles. The minimum Gasteiger partial charge on any atom is -0.467 e. The van der Waals surface area contributed by atoms with Crippen molar-refractivity contribution in [2.45, 2.75) is 152 Å². The normalized spacial score (nSPS) is 32.1. The van der Waals surface area contributed by atoms with Crippen LogP contribution in [0, 0.1) is 33.5 Å². The van der Waals surface area contributed by atoms with E-state index in [0.29, 0.717) is 11.8 Å². The highest BCUT2D eigenvalue weighted by Crippen LogP contribution is 2.59. The quantitative estimate of drug-likeness (QED) is 0.334. The fraction of sp³-hybridized carbons (Fsp3) is 0.968. The van der Waals surface area contributed by atoms with Gasteiger partial charge in [-0.1, -0.05) is 96.9 Å². The standard InChI is InChI=1S/C27H46F2O4.2C2H6/c1-23(2,3)19-20(33-18-16-13-12-15(14-16)17(18)32-19)25(7,8)26(9,10)21(28)27(29,22(30)31-11)24(4,5)6;2*1-2/h15-21H,12-14H2,1-11H3;2*1-2H3. The zero-order valence-electron chi connectivity index (χ0n) is 26.6.